The minimum absolute atomic E-state index is 0.0869. The van der Waals surface area contributed by atoms with Crippen LogP contribution in [0.25, 0.3) is 11.3 Å². The van der Waals surface area contributed by atoms with Crippen LogP contribution < -0.4 is 9.47 Å². The Morgan fingerprint density at radius 1 is 0.970 bits per heavy atom. The molecule has 9 heteroatoms. The minimum atomic E-state index is -4.56. The van der Waals surface area contributed by atoms with Gasteiger partial charge < -0.3 is 19.3 Å². The number of nitrogens with zero attached hydrogens (tertiary/aromatic N) is 2. The van der Waals surface area contributed by atoms with E-state index in [1.54, 1.807) is 12.3 Å². The van der Waals surface area contributed by atoms with Crippen LogP contribution >= 0.6 is 7.82 Å². The molecule has 1 atom stereocenters. The number of phosphoric ester groups is 1. The van der Waals surface area contributed by atoms with Gasteiger partial charge in [0.25, 0.3) is 0 Å². The van der Waals surface area contributed by atoms with Gasteiger partial charge in [-0.2, -0.15) is 4.98 Å². The van der Waals surface area contributed by atoms with Gasteiger partial charge >= 0.3 is 13.8 Å². The van der Waals surface area contributed by atoms with Gasteiger partial charge in [0, 0.05) is 11.8 Å². The summed E-state index contributed by atoms with van der Waals surface area (Å²) in [6.07, 6.45) is 12.3. The number of ether oxygens (including phenoxy) is 2. The van der Waals surface area contributed by atoms with Crippen molar-refractivity contribution < 1.29 is 28.3 Å². The predicted molar refractivity (Wildman–Crippen MR) is 128 cm³/mol. The molecule has 0 aliphatic rings. The van der Waals surface area contributed by atoms with Gasteiger partial charge in [0.2, 0.25) is 0 Å². The van der Waals surface area contributed by atoms with Crippen LogP contribution in [0.1, 0.15) is 71.6 Å². The van der Waals surface area contributed by atoms with E-state index >= 15 is 0 Å². The number of hydrogen-bond acceptors (Lipinski definition) is 6. The van der Waals surface area contributed by atoms with E-state index in [9.17, 15) is 4.57 Å². The van der Waals surface area contributed by atoms with Gasteiger partial charge in [0.1, 0.15) is 18.5 Å². The van der Waals surface area contributed by atoms with E-state index in [0.29, 0.717) is 12.3 Å². The number of phosphoric acid groups is 1. The van der Waals surface area contributed by atoms with Crippen LogP contribution in [0.3, 0.4) is 0 Å². The summed E-state index contributed by atoms with van der Waals surface area (Å²) in [7, 11) is -4.56. The van der Waals surface area contributed by atoms with Crippen LogP contribution in [0.4, 0.5) is 0 Å². The molecule has 0 radical (unpaired) electrons. The first kappa shape index (κ1) is 27.3. The molecule has 1 unspecified atom stereocenters. The number of aromatic nitrogens is 2. The summed E-state index contributed by atoms with van der Waals surface area (Å²) in [4.78, 5) is 26.1. The molecule has 0 saturated carbocycles. The quantitative estimate of drug-likeness (QED) is 0.212. The summed E-state index contributed by atoms with van der Waals surface area (Å²) in [6.45, 7) is 4.34. The number of hydrogen-bond donors (Lipinski definition) is 2. The molecule has 0 fully saturated rings. The molecule has 1 aromatic carbocycles. The highest BCUT2D eigenvalue weighted by Gasteiger charge is 2.19. The normalized spacial score (nSPS) is 12.5. The molecular weight excluding hydrogens is 443 g/mol. The molecule has 2 N–H and O–H groups in total. The van der Waals surface area contributed by atoms with Crippen LogP contribution in [-0.2, 0) is 9.09 Å². The molecule has 1 heterocycles. The maximum absolute atomic E-state index is 10.9. The van der Waals surface area contributed by atoms with Gasteiger partial charge in [0.15, 0.2) is 0 Å². The zero-order valence-electron chi connectivity index (χ0n) is 19.7. The zero-order chi connectivity index (χ0) is 23.9. The van der Waals surface area contributed by atoms with Gasteiger partial charge in [0.05, 0.1) is 12.3 Å². The Hall–Kier alpha value is -1.99. The predicted octanol–water partition coefficient (Wildman–Crippen LogP) is 5.93. The second kappa shape index (κ2) is 15.0. The zero-order valence-corrected chi connectivity index (χ0v) is 20.6. The van der Waals surface area contributed by atoms with Crippen molar-refractivity contribution in [1.82, 2.24) is 9.97 Å². The third-order valence-corrected chi connectivity index (χ3v) is 5.68. The standard InChI is InChI=1S/C24H37N2O6P/c1-3-4-5-6-7-8-9-10-11-17-30-22-14-12-13-21(18-22)23-15-16-25-24(26-23)31-19-20(2)32-33(27,28)29/h12-16,18,20H,3-11,17,19H2,1-2H3,(H2,27,28,29). The van der Waals surface area contributed by atoms with Gasteiger partial charge in [-0.25, -0.2) is 9.55 Å². The number of rotatable bonds is 17. The van der Waals surface area contributed by atoms with Crippen molar-refractivity contribution in [3.8, 4) is 23.0 Å². The van der Waals surface area contributed by atoms with Gasteiger partial charge in [-0.3, -0.25) is 4.52 Å². The van der Waals surface area contributed by atoms with E-state index in [4.69, 9.17) is 19.3 Å². The molecule has 0 amide bonds. The van der Waals surface area contributed by atoms with Crippen LogP contribution in [0.2, 0.25) is 0 Å². The van der Waals surface area contributed by atoms with Crippen LogP contribution in [-0.4, -0.2) is 39.1 Å². The van der Waals surface area contributed by atoms with Crippen LogP contribution in [0, 0.1) is 0 Å². The van der Waals surface area contributed by atoms with Crippen molar-refractivity contribution in [1.29, 1.82) is 0 Å². The maximum atomic E-state index is 10.9. The van der Waals surface area contributed by atoms with Gasteiger partial charge in [-0.1, -0.05) is 70.4 Å². The van der Waals surface area contributed by atoms with Gasteiger partial charge in [-0.15, -0.1) is 0 Å². The molecule has 33 heavy (non-hydrogen) atoms. The molecule has 0 aliphatic carbocycles. The molecule has 0 aliphatic heterocycles. The molecular formula is C24H37N2O6P. The smallest absolute Gasteiger partial charge is 0.469 e. The molecule has 2 rings (SSSR count). The average molecular weight is 481 g/mol. The summed E-state index contributed by atoms with van der Waals surface area (Å²) < 4.78 is 26.8. The summed E-state index contributed by atoms with van der Waals surface area (Å²) >= 11 is 0. The average Bonchev–Trinajstić information content (AvgIpc) is 2.78. The Morgan fingerprint density at radius 2 is 1.67 bits per heavy atom. The lowest BCUT2D eigenvalue weighted by molar-refractivity contribution is 0.0973. The first-order chi connectivity index (χ1) is 15.9. The molecule has 1 aromatic heterocycles. The van der Waals surface area contributed by atoms with Crippen molar-refractivity contribution in [2.75, 3.05) is 13.2 Å². The van der Waals surface area contributed by atoms with E-state index in [-0.39, 0.29) is 12.6 Å². The SMILES string of the molecule is CCCCCCCCCCCOc1cccc(-c2ccnc(OCC(C)OP(=O)(O)O)n2)c1. The third kappa shape index (κ3) is 12.2. The van der Waals surface area contributed by atoms with Crippen molar-refractivity contribution in [3.05, 3.63) is 36.5 Å². The van der Waals surface area contributed by atoms with Gasteiger partial charge in [-0.05, 0) is 31.5 Å². The Balaban J connectivity index is 1.76. The highest BCUT2D eigenvalue weighted by atomic mass is 31.2. The largest absolute Gasteiger partial charge is 0.494 e. The highest BCUT2D eigenvalue weighted by molar-refractivity contribution is 7.46. The summed E-state index contributed by atoms with van der Waals surface area (Å²) in [5, 5.41) is 0. The summed E-state index contributed by atoms with van der Waals surface area (Å²) in [5.74, 6) is 0.789. The molecule has 0 saturated heterocycles. The lowest BCUT2D eigenvalue weighted by Gasteiger charge is -2.14. The van der Waals surface area contributed by atoms with E-state index in [1.165, 1.54) is 58.3 Å². The molecule has 0 spiro atoms. The Morgan fingerprint density at radius 3 is 2.36 bits per heavy atom. The van der Waals surface area contributed by atoms with Crippen molar-refractivity contribution in [2.45, 2.75) is 77.7 Å². The Kier molecular flexibility index (Phi) is 12.4. The van der Waals surface area contributed by atoms with Crippen molar-refractivity contribution >= 4 is 7.82 Å². The molecule has 0 bridgehead atoms. The molecule has 8 nitrogen and oxygen atoms in total. The fourth-order valence-electron chi connectivity index (χ4n) is 3.38. The second-order valence-electron chi connectivity index (χ2n) is 8.15. The first-order valence-corrected chi connectivity index (χ1v) is 13.3. The monoisotopic (exact) mass is 480 g/mol. The minimum Gasteiger partial charge on any atom is -0.494 e. The lowest BCUT2D eigenvalue weighted by Crippen LogP contribution is -2.17. The Bertz CT molecular complexity index is 860. The fourth-order valence-corrected chi connectivity index (χ4v) is 3.91. The van der Waals surface area contributed by atoms with E-state index in [1.807, 2.05) is 24.3 Å². The highest BCUT2D eigenvalue weighted by Crippen LogP contribution is 2.37. The number of benzene rings is 1. The van der Waals surface area contributed by atoms with E-state index in [0.717, 1.165) is 17.7 Å². The molecule has 2 aromatic rings. The maximum Gasteiger partial charge on any atom is 0.469 e. The number of unbranched alkanes of at least 4 members (excludes halogenated alkanes) is 8. The molecule has 184 valence electrons. The van der Waals surface area contributed by atoms with Crippen LogP contribution in [0.15, 0.2) is 36.5 Å². The van der Waals surface area contributed by atoms with E-state index in [2.05, 4.69) is 21.4 Å². The third-order valence-electron chi connectivity index (χ3n) is 5.04. The fraction of sp³-hybridized carbons (Fsp3) is 0.583. The lowest BCUT2D eigenvalue weighted by atomic mass is 10.1. The second-order valence-corrected chi connectivity index (χ2v) is 9.34. The topological polar surface area (TPSA) is 111 Å². The Labute approximate surface area is 197 Å². The van der Waals surface area contributed by atoms with Crippen molar-refractivity contribution in [2.24, 2.45) is 0 Å². The first-order valence-electron chi connectivity index (χ1n) is 11.8. The van der Waals surface area contributed by atoms with E-state index < -0.39 is 13.9 Å². The summed E-state index contributed by atoms with van der Waals surface area (Å²) in [5.41, 5.74) is 1.53. The summed E-state index contributed by atoms with van der Waals surface area (Å²) in [6, 6.07) is 9.57. The van der Waals surface area contributed by atoms with Crippen LogP contribution in [0.5, 0.6) is 11.8 Å². The van der Waals surface area contributed by atoms with Crippen molar-refractivity contribution in [3.63, 3.8) is 0 Å².